The van der Waals surface area contributed by atoms with Gasteiger partial charge in [0.2, 0.25) is 5.91 Å². The average Bonchev–Trinajstić information content (AvgIpc) is 3.16. The van der Waals surface area contributed by atoms with E-state index in [1.807, 2.05) is 48.5 Å². The fraction of sp³-hybridized carbons (Fsp3) is 0.273. The van der Waals surface area contributed by atoms with Crippen molar-refractivity contribution >= 4 is 11.6 Å². The van der Waals surface area contributed by atoms with Crippen LogP contribution in [-0.2, 0) is 10.4 Å². The summed E-state index contributed by atoms with van der Waals surface area (Å²) in [6, 6.07) is 15.6. The number of hydrogen-bond donors (Lipinski definition) is 3. The molecule has 1 aromatic heterocycles. The number of imidazole rings is 1. The van der Waals surface area contributed by atoms with Crippen molar-refractivity contribution in [1.29, 1.82) is 0 Å². The largest absolute Gasteiger partial charge is 0.379 e. The van der Waals surface area contributed by atoms with Gasteiger partial charge >= 0.3 is 0 Å². The van der Waals surface area contributed by atoms with Crippen molar-refractivity contribution in [2.45, 2.75) is 32.8 Å². The maximum absolute atomic E-state index is 11.4. The fourth-order valence-corrected chi connectivity index (χ4v) is 3.37. The molecule has 0 saturated carbocycles. The molecule has 140 valence electrons. The Bertz CT molecular complexity index is 902. The van der Waals surface area contributed by atoms with Gasteiger partial charge in [0.05, 0.1) is 12.0 Å². The van der Waals surface area contributed by atoms with Crippen LogP contribution in [0.25, 0.3) is 11.1 Å². The number of carbonyl (C=O) groups excluding carboxylic acids is 1. The Balaban J connectivity index is 1.93. The number of nitrogens with one attached hydrogen (secondary N) is 2. The zero-order valence-electron chi connectivity index (χ0n) is 15.9. The number of nitrogens with zero attached hydrogens (tertiary/aromatic N) is 1. The standard InChI is InChI=1S/C22H25N3O2/c1-15(2)12-22(27,21-13-23-14-24-21)19-9-7-17(8-10-19)18-5-4-6-20(11-18)25-16(3)26/h4-11,13-15,27H,12H2,1-3H3,(H,23,24)(H,25,26). The number of rotatable bonds is 6. The predicted molar refractivity (Wildman–Crippen MR) is 107 cm³/mol. The zero-order chi connectivity index (χ0) is 19.4. The van der Waals surface area contributed by atoms with Crippen LogP contribution in [0.4, 0.5) is 5.69 Å². The summed E-state index contributed by atoms with van der Waals surface area (Å²) >= 11 is 0. The van der Waals surface area contributed by atoms with Gasteiger partial charge in [-0.3, -0.25) is 4.79 Å². The molecular weight excluding hydrogens is 338 g/mol. The number of H-pyrrole nitrogens is 1. The highest BCUT2D eigenvalue weighted by Crippen LogP contribution is 2.35. The molecule has 0 radical (unpaired) electrons. The topological polar surface area (TPSA) is 78.0 Å². The van der Waals surface area contributed by atoms with E-state index in [0.29, 0.717) is 18.0 Å². The summed E-state index contributed by atoms with van der Waals surface area (Å²) in [6.45, 7) is 5.66. The third-order valence-electron chi connectivity index (χ3n) is 4.50. The number of aliphatic hydroxyl groups is 1. The number of hydrogen-bond acceptors (Lipinski definition) is 3. The Morgan fingerprint density at radius 1 is 1.19 bits per heavy atom. The smallest absolute Gasteiger partial charge is 0.221 e. The lowest BCUT2D eigenvalue weighted by Crippen LogP contribution is -2.29. The Labute approximate surface area is 159 Å². The van der Waals surface area contributed by atoms with Crippen LogP contribution >= 0.6 is 0 Å². The van der Waals surface area contributed by atoms with E-state index >= 15 is 0 Å². The van der Waals surface area contributed by atoms with Gasteiger partial charge in [-0.25, -0.2) is 4.98 Å². The molecule has 0 aliphatic rings. The minimum atomic E-state index is -1.13. The molecule has 1 unspecified atom stereocenters. The Kier molecular flexibility index (Phi) is 5.42. The van der Waals surface area contributed by atoms with Crippen molar-refractivity contribution < 1.29 is 9.90 Å². The van der Waals surface area contributed by atoms with E-state index in [-0.39, 0.29) is 5.91 Å². The third kappa shape index (κ3) is 4.26. The van der Waals surface area contributed by atoms with Crippen LogP contribution in [0.1, 0.15) is 38.4 Å². The van der Waals surface area contributed by atoms with Crippen LogP contribution in [0, 0.1) is 5.92 Å². The third-order valence-corrected chi connectivity index (χ3v) is 4.50. The molecular formula is C22H25N3O2. The van der Waals surface area contributed by atoms with Crippen LogP contribution < -0.4 is 5.32 Å². The SMILES string of the molecule is CC(=O)Nc1cccc(-c2ccc(C(O)(CC(C)C)c3c[nH]cn3)cc2)c1. The number of carbonyl (C=O) groups is 1. The highest BCUT2D eigenvalue weighted by Gasteiger charge is 2.34. The predicted octanol–water partition coefficient (Wildman–Crippen LogP) is 4.32. The van der Waals surface area contributed by atoms with E-state index in [1.54, 1.807) is 12.5 Å². The fourth-order valence-electron chi connectivity index (χ4n) is 3.37. The second-order valence-corrected chi connectivity index (χ2v) is 7.25. The van der Waals surface area contributed by atoms with Crippen LogP contribution in [0.5, 0.6) is 0 Å². The molecule has 3 rings (SSSR count). The van der Waals surface area contributed by atoms with Crippen LogP contribution in [0.15, 0.2) is 61.1 Å². The van der Waals surface area contributed by atoms with E-state index in [4.69, 9.17) is 0 Å². The molecule has 0 saturated heterocycles. The van der Waals surface area contributed by atoms with Gasteiger partial charge in [0.25, 0.3) is 0 Å². The van der Waals surface area contributed by atoms with Crippen LogP contribution in [-0.4, -0.2) is 21.0 Å². The van der Waals surface area contributed by atoms with Gasteiger partial charge in [-0.1, -0.05) is 50.2 Å². The van der Waals surface area contributed by atoms with Crippen molar-refractivity contribution in [2.75, 3.05) is 5.32 Å². The van der Waals surface area contributed by atoms with Gasteiger partial charge in [-0.05, 0) is 41.2 Å². The number of benzene rings is 2. The Morgan fingerprint density at radius 3 is 2.52 bits per heavy atom. The molecule has 0 bridgehead atoms. The molecule has 5 nitrogen and oxygen atoms in total. The van der Waals surface area contributed by atoms with Gasteiger partial charge in [0, 0.05) is 18.8 Å². The highest BCUT2D eigenvalue weighted by atomic mass is 16.3. The molecule has 0 aliphatic carbocycles. The molecule has 27 heavy (non-hydrogen) atoms. The van der Waals surface area contributed by atoms with Gasteiger partial charge in [-0.2, -0.15) is 0 Å². The first-order valence-corrected chi connectivity index (χ1v) is 9.08. The summed E-state index contributed by atoms with van der Waals surface area (Å²) in [5.41, 5.74) is 3.07. The van der Waals surface area contributed by atoms with Gasteiger partial charge < -0.3 is 15.4 Å². The summed E-state index contributed by atoms with van der Waals surface area (Å²) in [7, 11) is 0. The first-order valence-electron chi connectivity index (χ1n) is 9.08. The normalized spacial score (nSPS) is 13.4. The minimum Gasteiger partial charge on any atom is -0.379 e. The second-order valence-electron chi connectivity index (χ2n) is 7.25. The first-order chi connectivity index (χ1) is 12.9. The lowest BCUT2D eigenvalue weighted by molar-refractivity contribution is -0.114. The van der Waals surface area contributed by atoms with E-state index in [9.17, 15) is 9.90 Å². The second kappa shape index (κ2) is 7.76. The summed E-state index contributed by atoms with van der Waals surface area (Å²) in [6.07, 6.45) is 3.91. The van der Waals surface area contributed by atoms with Gasteiger partial charge in [-0.15, -0.1) is 0 Å². The van der Waals surface area contributed by atoms with E-state index in [2.05, 4.69) is 29.1 Å². The van der Waals surface area contributed by atoms with E-state index in [0.717, 1.165) is 22.4 Å². The van der Waals surface area contributed by atoms with Crippen molar-refractivity contribution in [3.63, 3.8) is 0 Å². The average molecular weight is 363 g/mol. The molecule has 5 heteroatoms. The molecule has 3 N–H and O–H groups in total. The summed E-state index contributed by atoms with van der Waals surface area (Å²) in [5, 5.41) is 14.2. The minimum absolute atomic E-state index is 0.0970. The quantitative estimate of drug-likeness (QED) is 0.610. The molecule has 1 heterocycles. The van der Waals surface area contributed by atoms with Crippen molar-refractivity contribution in [3.8, 4) is 11.1 Å². The molecule has 0 aliphatic heterocycles. The molecule has 1 atom stereocenters. The molecule has 2 aromatic carbocycles. The Hall–Kier alpha value is -2.92. The lowest BCUT2D eigenvalue weighted by atomic mass is 9.83. The first kappa shape index (κ1) is 18.9. The molecule has 0 spiro atoms. The molecule has 1 amide bonds. The monoisotopic (exact) mass is 363 g/mol. The molecule has 3 aromatic rings. The zero-order valence-corrected chi connectivity index (χ0v) is 15.9. The van der Waals surface area contributed by atoms with E-state index in [1.165, 1.54) is 6.92 Å². The van der Waals surface area contributed by atoms with Crippen molar-refractivity contribution in [3.05, 3.63) is 72.3 Å². The maximum atomic E-state index is 11.4. The van der Waals surface area contributed by atoms with Crippen molar-refractivity contribution in [1.82, 2.24) is 9.97 Å². The summed E-state index contributed by atoms with van der Waals surface area (Å²) < 4.78 is 0. The lowest BCUT2D eigenvalue weighted by Gasteiger charge is -2.29. The van der Waals surface area contributed by atoms with Crippen LogP contribution in [0.3, 0.4) is 0 Å². The van der Waals surface area contributed by atoms with Crippen molar-refractivity contribution in [2.24, 2.45) is 5.92 Å². The van der Waals surface area contributed by atoms with Crippen LogP contribution in [0.2, 0.25) is 0 Å². The maximum Gasteiger partial charge on any atom is 0.221 e. The van der Waals surface area contributed by atoms with Gasteiger partial charge in [0.15, 0.2) is 0 Å². The number of aromatic nitrogens is 2. The number of amides is 1. The Morgan fingerprint density at radius 2 is 1.93 bits per heavy atom. The van der Waals surface area contributed by atoms with Gasteiger partial charge in [0.1, 0.15) is 5.60 Å². The number of aromatic amines is 1. The van der Waals surface area contributed by atoms with E-state index < -0.39 is 5.60 Å². The summed E-state index contributed by atoms with van der Waals surface area (Å²) in [5.74, 6) is 0.209. The summed E-state index contributed by atoms with van der Waals surface area (Å²) in [4.78, 5) is 18.5. The highest BCUT2D eigenvalue weighted by molar-refractivity contribution is 5.89. The number of anilines is 1. The molecule has 0 fully saturated rings.